The van der Waals surface area contributed by atoms with Gasteiger partial charge in [0.2, 0.25) is 6.43 Å². The van der Waals surface area contributed by atoms with Crippen molar-refractivity contribution in [2.75, 3.05) is 0 Å². The molecule has 0 radical (unpaired) electrons. The molecule has 0 spiro atoms. The predicted molar refractivity (Wildman–Crippen MR) is 40.8 cm³/mol. The Kier molecular flexibility index (Phi) is 2.90. The van der Waals surface area contributed by atoms with E-state index in [0.717, 1.165) is 12.1 Å². The molecule has 0 aliphatic heterocycles. The average Bonchev–Trinajstić information content (AvgIpc) is 1.96. The fourth-order valence-corrected chi connectivity index (χ4v) is 1.08. The third kappa shape index (κ3) is 2.44. The van der Waals surface area contributed by atoms with Crippen molar-refractivity contribution in [3.8, 4) is 0 Å². The normalized spacial score (nSPS) is 10.9. The number of hydrogen-bond acceptors (Lipinski definition) is 0. The molecule has 0 bridgehead atoms. The molecule has 0 N–H and O–H groups in total. The monoisotopic (exact) mass is 192 g/mol. The molecule has 13 heavy (non-hydrogen) atoms. The van der Waals surface area contributed by atoms with Gasteiger partial charge in [-0.15, -0.1) is 0 Å². The fourth-order valence-electron chi connectivity index (χ4n) is 1.08. The highest BCUT2D eigenvalue weighted by Gasteiger charge is 2.14. The van der Waals surface area contributed by atoms with E-state index >= 15 is 0 Å². The van der Waals surface area contributed by atoms with Crippen molar-refractivity contribution in [1.82, 2.24) is 0 Å². The van der Waals surface area contributed by atoms with E-state index in [2.05, 4.69) is 0 Å². The lowest BCUT2D eigenvalue weighted by Crippen LogP contribution is -2.03. The maximum Gasteiger partial charge on any atom is 0.242 e. The Morgan fingerprint density at radius 1 is 1.15 bits per heavy atom. The molecule has 1 aromatic carbocycles. The minimum absolute atomic E-state index is 0.382. The zero-order valence-electron chi connectivity index (χ0n) is 6.95. The van der Waals surface area contributed by atoms with Gasteiger partial charge in [0, 0.05) is 12.0 Å². The van der Waals surface area contributed by atoms with Gasteiger partial charge < -0.3 is 0 Å². The van der Waals surface area contributed by atoms with Crippen molar-refractivity contribution in [2.24, 2.45) is 0 Å². The van der Waals surface area contributed by atoms with Gasteiger partial charge in [-0.05, 0) is 24.6 Å². The number of rotatable bonds is 2. The summed E-state index contributed by atoms with van der Waals surface area (Å²) in [6, 6.07) is 2.08. The number of aryl methyl sites for hydroxylation is 1. The first-order chi connectivity index (χ1) is 6.00. The van der Waals surface area contributed by atoms with E-state index in [0.29, 0.717) is 5.56 Å². The van der Waals surface area contributed by atoms with Crippen LogP contribution in [0.1, 0.15) is 11.1 Å². The highest BCUT2D eigenvalue weighted by molar-refractivity contribution is 5.25. The summed E-state index contributed by atoms with van der Waals surface area (Å²) in [5.41, 5.74) is -0.159. The molecule has 0 saturated carbocycles. The van der Waals surface area contributed by atoms with Crippen LogP contribution in [0.3, 0.4) is 0 Å². The van der Waals surface area contributed by atoms with E-state index in [9.17, 15) is 17.6 Å². The van der Waals surface area contributed by atoms with Crippen molar-refractivity contribution in [2.45, 2.75) is 19.8 Å². The second kappa shape index (κ2) is 3.77. The first-order valence-electron chi connectivity index (χ1n) is 3.73. The lowest BCUT2D eigenvalue weighted by Gasteiger charge is -2.04. The minimum Gasteiger partial charge on any atom is -0.210 e. The molecule has 0 amide bonds. The smallest absolute Gasteiger partial charge is 0.210 e. The molecule has 0 saturated heterocycles. The van der Waals surface area contributed by atoms with Gasteiger partial charge in [0.15, 0.2) is 0 Å². The third-order valence-corrected chi connectivity index (χ3v) is 1.64. The van der Waals surface area contributed by atoms with Crippen LogP contribution in [-0.2, 0) is 6.42 Å². The maximum atomic E-state index is 12.9. The highest BCUT2D eigenvalue weighted by atomic mass is 19.3. The molecule has 0 nitrogen and oxygen atoms in total. The zero-order valence-corrected chi connectivity index (χ0v) is 6.95. The molecule has 0 aromatic heterocycles. The molecule has 0 fully saturated rings. The molecule has 0 atom stereocenters. The van der Waals surface area contributed by atoms with Gasteiger partial charge in [-0.25, -0.2) is 17.6 Å². The standard InChI is InChI=1S/C9H8F4/c1-5-2-7(10)6(4-9(12)13)8(11)3-5/h2-3,9H,4H2,1H3. The van der Waals surface area contributed by atoms with Crippen molar-refractivity contribution < 1.29 is 17.6 Å². The Labute approximate surface area is 73.2 Å². The van der Waals surface area contributed by atoms with Crippen LogP contribution >= 0.6 is 0 Å². The van der Waals surface area contributed by atoms with Crippen LogP contribution < -0.4 is 0 Å². The van der Waals surface area contributed by atoms with Crippen molar-refractivity contribution in [3.63, 3.8) is 0 Å². The van der Waals surface area contributed by atoms with Crippen LogP contribution in [-0.4, -0.2) is 6.43 Å². The Hall–Kier alpha value is -1.06. The summed E-state index contributed by atoms with van der Waals surface area (Å²) in [7, 11) is 0. The van der Waals surface area contributed by atoms with Gasteiger partial charge in [0.25, 0.3) is 0 Å². The molecule has 4 heteroatoms. The molecule has 0 aliphatic carbocycles. The van der Waals surface area contributed by atoms with Crippen LogP contribution in [0.5, 0.6) is 0 Å². The topological polar surface area (TPSA) is 0 Å². The van der Waals surface area contributed by atoms with Crippen LogP contribution in [0.2, 0.25) is 0 Å². The van der Waals surface area contributed by atoms with Crippen LogP contribution in [0.4, 0.5) is 17.6 Å². The van der Waals surface area contributed by atoms with Gasteiger partial charge >= 0.3 is 0 Å². The van der Waals surface area contributed by atoms with Crippen LogP contribution in [0.25, 0.3) is 0 Å². The fraction of sp³-hybridized carbons (Fsp3) is 0.333. The molecule has 72 valence electrons. The molecule has 1 rings (SSSR count). The summed E-state index contributed by atoms with van der Waals surface area (Å²) in [5.74, 6) is -1.81. The average molecular weight is 192 g/mol. The van der Waals surface area contributed by atoms with Crippen molar-refractivity contribution in [3.05, 3.63) is 34.9 Å². The molecule has 0 unspecified atom stereocenters. The molecular formula is C9H8F4. The molecule has 0 aliphatic rings. The summed E-state index contributed by atoms with van der Waals surface area (Å²) < 4.78 is 49.5. The number of alkyl halides is 2. The first kappa shape index (κ1) is 10.0. The Morgan fingerprint density at radius 3 is 2.00 bits per heavy atom. The largest absolute Gasteiger partial charge is 0.242 e. The van der Waals surface area contributed by atoms with E-state index < -0.39 is 30.0 Å². The van der Waals surface area contributed by atoms with E-state index in [4.69, 9.17) is 0 Å². The molecule has 1 aromatic rings. The summed E-state index contributed by atoms with van der Waals surface area (Å²) in [4.78, 5) is 0. The zero-order chi connectivity index (χ0) is 10.0. The highest BCUT2D eigenvalue weighted by Crippen LogP contribution is 2.17. The maximum absolute atomic E-state index is 12.9. The summed E-state index contributed by atoms with van der Waals surface area (Å²) in [6.07, 6.45) is -3.61. The second-order valence-electron chi connectivity index (χ2n) is 2.80. The lowest BCUT2D eigenvalue weighted by atomic mass is 10.1. The van der Waals surface area contributed by atoms with Crippen molar-refractivity contribution in [1.29, 1.82) is 0 Å². The van der Waals surface area contributed by atoms with Gasteiger partial charge in [-0.3, -0.25) is 0 Å². The second-order valence-corrected chi connectivity index (χ2v) is 2.80. The van der Waals surface area contributed by atoms with E-state index in [-0.39, 0.29) is 0 Å². The van der Waals surface area contributed by atoms with Gasteiger partial charge in [0.05, 0.1) is 0 Å². The van der Waals surface area contributed by atoms with E-state index in [1.807, 2.05) is 0 Å². The Morgan fingerprint density at radius 2 is 1.62 bits per heavy atom. The number of halogens is 4. The minimum atomic E-state index is -2.73. The van der Waals surface area contributed by atoms with Crippen molar-refractivity contribution >= 4 is 0 Å². The lowest BCUT2D eigenvalue weighted by molar-refractivity contribution is 0.146. The van der Waals surface area contributed by atoms with Gasteiger partial charge in [-0.2, -0.15) is 0 Å². The third-order valence-electron chi connectivity index (χ3n) is 1.64. The van der Waals surface area contributed by atoms with Gasteiger partial charge in [-0.1, -0.05) is 0 Å². The van der Waals surface area contributed by atoms with E-state index in [1.165, 1.54) is 6.92 Å². The SMILES string of the molecule is Cc1cc(F)c(CC(F)F)c(F)c1. The molecule has 0 heterocycles. The summed E-state index contributed by atoms with van der Waals surface area (Å²) in [6.45, 7) is 1.50. The quantitative estimate of drug-likeness (QED) is 0.631. The van der Waals surface area contributed by atoms with E-state index in [1.54, 1.807) is 0 Å². The van der Waals surface area contributed by atoms with Crippen LogP contribution in [0.15, 0.2) is 12.1 Å². The summed E-state index contributed by atoms with van der Waals surface area (Å²) >= 11 is 0. The number of benzene rings is 1. The van der Waals surface area contributed by atoms with Crippen LogP contribution in [0, 0.1) is 18.6 Å². The summed E-state index contributed by atoms with van der Waals surface area (Å²) in [5, 5.41) is 0. The van der Waals surface area contributed by atoms with Gasteiger partial charge in [0.1, 0.15) is 11.6 Å². The Bertz CT molecular complexity index is 283. The Balaban J connectivity index is 3.06. The number of hydrogen-bond donors (Lipinski definition) is 0. The molecular weight excluding hydrogens is 184 g/mol. The first-order valence-corrected chi connectivity index (χ1v) is 3.73. The predicted octanol–water partition coefficient (Wildman–Crippen LogP) is 3.08.